The Bertz CT molecular complexity index is 433. The smallest absolute Gasteiger partial charge is 0.305 e. The highest BCUT2D eigenvalue weighted by Crippen LogP contribution is 2.13. The van der Waals surface area contributed by atoms with Crippen molar-refractivity contribution in [3.63, 3.8) is 0 Å². The van der Waals surface area contributed by atoms with Gasteiger partial charge in [0.1, 0.15) is 0 Å². The van der Waals surface area contributed by atoms with Gasteiger partial charge in [0, 0.05) is 19.1 Å². The van der Waals surface area contributed by atoms with E-state index in [2.05, 4.69) is 5.32 Å². The minimum absolute atomic E-state index is 0.0485. The molecule has 0 radical (unpaired) electrons. The number of nitrogens with one attached hydrogen (secondary N) is 1. The van der Waals surface area contributed by atoms with Gasteiger partial charge < -0.3 is 10.4 Å². The van der Waals surface area contributed by atoms with Gasteiger partial charge in [-0.1, -0.05) is 30.3 Å². The number of carboxylic acids is 1. The topological polar surface area (TPSA) is 69.6 Å². The molecule has 5 nitrogen and oxygen atoms in total. The Balaban J connectivity index is 2.05. The first-order valence-corrected chi connectivity index (χ1v) is 5.91. The molecule has 0 bridgehead atoms. The molecule has 96 valence electrons. The average molecular weight is 248 g/mol. The van der Waals surface area contributed by atoms with Crippen molar-refractivity contribution < 1.29 is 14.7 Å². The second kappa shape index (κ2) is 5.64. The molecule has 2 rings (SSSR count). The van der Waals surface area contributed by atoms with Crippen molar-refractivity contribution in [3.05, 3.63) is 35.9 Å². The molecule has 1 amide bonds. The molecule has 0 saturated carbocycles. The van der Waals surface area contributed by atoms with Crippen LogP contribution in [0, 0.1) is 0 Å². The maximum absolute atomic E-state index is 11.4. The van der Waals surface area contributed by atoms with E-state index in [9.17, 15) is 9.59 Å². The van der Waals surface area contributed by atoms with Gasteiger partial charge in [-0.15, -0.1) is 0 Å². The number of carbonyl (C=O) groups is 2. The summed E-state index contributed by atoms with van der Waals surface area (Å²) in [6, 6.07) is 9.62. The third kappa shape index (κ3) is 3.30. The van der Waals surface area contributed by atoms with Crippen molar-refractivity contribution >= 4 is 11.9 Å². The molecule has 0 spiro atoms. The molecule has 1 heterocycles. The molecular formula is C13H16N2O3. The van der Waals surface area contributed by atoms with Gasteiger partial charge in [0.15, 0.2) is 0 Å². The summed E-state index contributed by atoms with van der Waals surface area (Å²) in [6.07, 6.45) is 0.0487. The van der Waals surface area contributed by atoms with Gasteiger partial charge in [0.25, 0.3) is 0 Å². The first-order valence-electron chi connectivity index (χ1n) is 5.91. The summed E-state index contributed by atoms with van der Waals surface area (Å²) < 4.78 is 0. The van der Waals surface area contributed by atoms with Crippen molar-refractivity contribution in [2.45, 2.75) is 19.0 Å². The van der Waals surface area contributed by atoms with Crippen LogP contribution in [0.4, 0.5) is 0 Å². The number of amides is 1. The standard InChI is InChI=1S/C13H16N2O3/c16-12-9-15(8-10-4-2-1-3-5-10)11(7-14-12)6-13(17)18/h1-5,11H,6-9H2,(H,14,16)(H,17,18). The van der Waals surface area contributed by atoms with Crippen molar-refractivity contribution in [2.75, 3.05) is 13.1 Å². The van der Waals surface area contributed by atoms with Crippen LogP contribution in [-0.2, 0) is 16.1 Å². The first-order chi connectivity index (χ1) is 8.65. The van der Waals surface area contributed by atoms with Crippen LogP contribution in [0.3, 0.4) is 0 Å². The summed E-state index contributed by atoms with van der Waals surface area (Å²) in [5.74, 6) is -0.887. The number of rotatable bonds is 4. The predicted octanol–water partition coefficient (Wildman–Crippen LogP) is 0.462. The molecule has 1 aromatic carbocycles. The highest BCUT2D eigenvalue weighted by Gasteiger charge is 2.28. The van der Waals surface area contributed by atoms with Crippen LogP contribution in [0.5, 0.6) is 0 Å². The van der Waals surface area contributed by atoms with Crippen LogP contribution in [0.25, 0.3) is 0 Å². The number of carboxylic acid groups (broad SMARTS) is 1. The van der Waals surface area contributed by atoms with Crippen LogP contribution < -0.4 is 5.32 Å². The summed E-state index contributed by atoms with van der Waals surface area (Å²) in [4.78, 5) is 24.1. The predicted molar refractivity (Wildman–Crippen MR) is 65.9 cm³/mol. The molecule has 0 aliphatic carbocycles. The first kappa shape index (κ1) is 12.6. The van der Waals surface area contributed by atoms with Crippen molar-refractivity contribution in [3.8, 4) is 0 Å². The number of aliphatic carboxylic acids is 1. The van der Waals surface area contributed by atoms with Crippen molar-refractivity contribution in [1.82, 2.24) is 10.2 Å². The van der Waals surface area contributed by atoms with Crippen LogP contribution in [0.1, 0.15) is 12.0 Å². The highest BCUT2D eigenvalue weighted by molar-refractivity contribution is 5.79. The van der Waals surface area contributed by atoms with Crippen LogP contribution in [-0.4, -0.2) is 41.0 Å². The van der Waals surface area contributed by atoms with E-state index in [0.29, 0.717) is 13.1 Å². The monoisotopic (exact) mass is 248 g/mol. The average Bonchev–Trinajstić information content (AvgIpc) is 2.33. The molecule has 1 fully saturated rings. The number of carbonyl (C=O) groups excluding carboxylic acids is 1. The zero-order valence-corrected chi connectivity index (χ0v) is 10.0. The minimum atomic E-state index is -0.839. The van der Waals surface area contributed by atoms with E-state index in [1.807, 2.05) is 35.2 Å². The lowest BCUT2D eigenvalue weighted by atomic mass is 10.1. The van der Waals surface area contributed by atoms with Crippen molar-refractivity contribution in [2.24, 2.45) is 0 Å². The van der Waals surface area contributed by atoms with E-state index in [1.165, 1.54) is 0 Å². The fourth-order valence-corrected chi connectivity index (χ4v) is 2.14. The Hall–Kier alpha value is -1.88. The molecule has 1 aromatic rings. The minimum Gasteiger partial charge on any atom is -0.481 e. The third-order valence-corrected chi connectivity index (χ3v) is 3.04. The fraction of sp³-hybridized carbons (Fsp3) is 0.385. The summed E-state index contributed by atoms with van der Waals surface area (Å²) in [6.45, 7) is 1.26. The second-order valence-corrected chi connectivity index (χ2v) is 4.45. The molecule has 0 aromatic heterocycles. The molecule has 1 saturated heterocycles. The number of benzene rings is 1. The molecule has 1 aliphatic heterocycles. The van der Waals surface area contributed by atoms with Gasteiger partial charge >= 0.3 is 5.97 Å². The lowest BCUT2D eigenvalue weighted by Gasteiger charge is -2.34. The summed E-state index contributed by atoms with van der Waals surface area (Å²) in [7, 11) is 0. The van der Waals surface area contributed by atoms with Crippen LogP contribution in [0.2, 0.25) is 0 Å². The molecule has 2 N–H and O–H groups in total. The zero-order valence-electron chi connectivity index (χ0n) is 10.0. The Labute approximate surface area is 105 Å². The van der Waals surface area contributed by atoms with E-state index in [0.717, 1.165) is 5.56 Å². The van der Waals surface area contributed by atoms with Crippen LogP contribution in [0.15, 0.2) is 30.3 Å². The van der Waals surface area contributed by atoms with Crippen LogP contribution >= 0.6 is 0 Å². The Morgan fingerprint density at radius 2 is 2.11 bits per heavy atom. The molecule has 5 heteroatoms. The summed E-state index contributed by atoms with van der Waals surface area (Å²) in [5, 5.41) is 11.6. The van der Waals surface area contributed by atoms with Gasteiger partial charge in [-0.3, -0.25) is 14.5 Å². The maximum atomic E-state index is 11.4. The summed E-state index contributed by atoms with van der Waals surface area (Å²) >= 11 is 0. The molecule has 1 atom stereocenters. The van der Waals surface area contributed by atoms with E-state index in [4.69, 9.17) is 5.11 Å². The molecule has 1 aliphatic rings. The van der Waals surface area contributed by atoms with E-state index in [1.54, 1.807) is 0 Å². The normalized spacial score (nSPS) is 20.4. The van der Waals surface area contributed by atoms with E-state index in [-0.39, 0.29) is 24.9 Å². The largest absolute Gasteiger partial charge is 0.481 e. The van der Waals surface area contributed by atoms with Gasteiger partial charge in [0.2, 0.25) is 5.91 Å². The second-order valence-electron chi connectivity index (χ2n) is 4.45. The third-order valence-electron chi connectivity index (χ3n) is 3.04. The number of hydrogen-bond donors (Lipinski definition) is 2. The zero-order chi connectivity index (χ0) is 13.0. The Morgan fingerprint density at radius 1 is 1.39 bits per heavy atom. The Morgan fingerprint density at radius 3 is 2.78 bits per heavy atom. The molecule has 1 unspecified atom stereocenters. The molecular weight excluding hydrogens is 232 g/mol. The highest BCUT2D eigenvalue weighted by atomic mass is 16.4. The van der Waals surface area contributed by atoms with Crippen molar-refractivity contribution in [1.29, 1.82) is 0 Å². The van der Waals surface area contributed by atoms with E-state index < -0.39 is 5.97 Å². The Kier molecular flexibility index (Phi) is 3.94. The van der Waals surface area contributed by atoms with Gasteiger partial charge in [-0.2, -0.15) is 0 Å². The van der Waals surface area contributed by atoms with Gasteiger partial charge in [-0.05, 0) is 5.56 Å². The van der Waals surface area contributed by atoms with Gasteiger partial charge in [-0.25, -0.2) is 0 Å². The van der Waals surface area contributed by atoms with E-state index >= 15 is 0 Å². The van der Waals surface area contributed by atoms with Gasteiger partial charge in [0.05, 0.1) is 13.0 Å². The lowest BCUT2D eigenvalue weighted by molar-refractivity contribution is -0.140. The molecule has 18 heavy (non-hydrogen) atoms. The number of piperazine rings is 1. The lowest BCUT2D eigenvalue weighted by Crippen LogP contribution is -2.54. The quantitative estimate of drug-likeness (QED) is 0.812. The fourth-order valence-electron chi connectivity index (χ4n) is 2.14. The maximum Gasteiger partial charge on any atom is 0.305 e. The number of hydrogen-bond acceptors (Lipinski definition) is 3. The summed E-state index contributed by atoms with van der Waals surface area (Å²) in [5.41, 5.74) is 1.09. The number of nitrogens with zero attached hydrogens (tertiary/aromatic N) is 1. The SMILES string of the molecule is O=C(O)CC1CNC(=O)CN1Cc1ccccc1.